The molecule has 1 aromatic carbocycles. The minimum atomic E-state index is -0.339. The van der Waals surface area contributed by atoms with Crippen molar-refractivity contribution in [1.29, 1.82) is 0 Å². The maximum atomic E-state index is 13.2. The van der Waals surface area contributed by atoms with Crippen molar-refractivity contribution in [3.05, 3.63) is 52.6 Å². The lowest BCUT2D eigenvalue weighted by Crippen LogP contribution is -2.14. The standard InChI is InChI=1S/C18H18FN3O2/c1-9(2)15-8-13(16-11(4)22-24-18(16)21-15)17(23)20-14-6-5-12(19)7-10(14)3/h5-9H,1-4H3,(H,20,23). The molecule has 3 aromatic rings. The Morgan fingerprint density at radius 3 is 2.67 bits per heavy atom. The van der Waals surface area contributed by atoms with Crippen molar-refractivity contribution >= 4 is 22.7 Å². The molecule has 24 heavy (non-hydrogen) atoms. The third kappa shape index (κ3) is 2.87. The predicted octanol–water partition coefficient (Wildman–Crippen LogP) is 4.35. The first-order valence-corrected chi connectivity index (χ1v) is 7.71. The first kappa shape index (κ1) is 16.1. The summed E-state index contributed by atoms with van der Waals surface area (Å²) >= 11 is 0. The predicted molar refractivity (Wildman–Crippen MR) is 89.7 cm³/mol. The van der Waals surface area contributed by atoms with Gasteiger partial charge < -0.3 is 9.84 Å². The topological polar surface area (TPSA) is 68.0 Å². The van der Waals surface area contributed by atoms with Gasteiger partial charge in [-0.1, -0.05) is 19.0 Å². The molecule has 1 amide bonds. The molecule has 2 aromatic heterocycles. The Balaban J connectivity index is 2.06. The lowest BCUT2D eigenvalue weighted by molar-refractivity contribution is 0.102. The Morgan fingerprint density at radius 1 is 1.25 bits per heavy atom. The van der Waals surface area contributed by atoms with Crippen LogP contribution in [0, 0.1) is 19.7 Å². The van der Waals surface area contributed by atoms with Crippen LogP contribution in [0.5, 0.6) is 0 Å². The van der Waals surface area contributed by atoms with Crippen molar-refractivity contribution in [2.75, 3.05) is 5.32 Å². The summed E-state index contributed by atoms with van der Waals surface area (Å²) in [4.78, 5) is 17.2. The highest BCUT2D eigenvalue weighted by atomic mass is 19.1. The summed E-state index contributed by atoms with van der Waals surface area (Å²) in [6, 6.07) is 5.99. The van der Waals surface area contributed by atoms with Gasteiger partial charge in [-0.25, -0.2) is 9.37 Å². The van der Waals surface area contributed by atoms with Crippen molar-refractivity contribution in [2.45, 2.75) is 33.6 Å². The zero-order chi connectivity index (χ0) is 17.4. The van der Waals surface area contributed by atoms with Crippen LogP contribution in [0.1, 0.15) is 47.1 Å². The van der Waals surface area contributed by atoms with Crippen LogP contribution in [0.4, 0.5) is 10.1 Å². The molecule has 0 spiro atoms. The van der Waals surface area contributed by atoms with Crippen molar-refractivity contribution in [3.8, 4) is 0 Å². The smallest absolute Gasteiger partial charge is 0.259 e. The number of hydrogen-bond donors (Lipinski definition) is 1. The van der Waals surface area contributed by atoms with Gasteiger partial charge in [0.15, 0.2) is 0 Å². The molecule has 0 atom stereocenters. The fraction of sp³-hybridized carbons (Fsp3) is 0.278. The highest BCUT2D eigenvalue weighted by Crippen LogP contribution is 2.26. The number of pyridine rings is 1. The van der Waals surface area contributed by atoms with Crippen LogP contribution in [-0.2, 0) is 0 Å². The van der Waals surface area contributed by atoms with E-state index in [-0.39, 0.29) is 17.6 Å². The van der Waals surface area contributed by atoms with Gasteiger partial charge in [0.05, 0.1) is 16.6 Å². The largest absolute Gasteiger partial charge is 0.336 e. The van der Waals surface area contributed by atoms with Gasteiger partial charge in [0.25, 0.3) is 11.6 Å². The second kappa shape index (κ2) is 6.03. The van der Waals surface area contributed by atoms with E-state index in [2.05, 4.69) is 15.5 Å². The lowest BCUT2D eigenvalue weighted by atomic mass is 10.0. The zero-order valence-corrected chi connectivity index (χ0v) is 14.0. The number of nitrogens with one attached hydrogen (secondary N) is 1. The van der Waals surface area contributed by atoms with Gasteiger partial charge in [-0.3, -0.25) is 4.79 Å². The maximum Gasteiger partial charge on any atom is 0.259 e. The first-order chi connectivity index (χ1) is 11.4. The third-order valence-corrected chi connectivity index (χ3v) is 3.91. The number of halogens is 1. The Morgan fingerprint density at radius 2 is 2.00 bits per heavy atom. The van der Waals surface area contributed by atoms with E-state index in [0.717, 1.165) is 5.69 Å². The summed E-state index contributed by atoms with van der Waals surface area (Å²) in [5, 5.41) is 7.33. The number of hydrogen-bond acceptors (Lipinski definition) is 4. The van der Waals surface area contributed by atoms with Crippen molar-refractivity contribution < 1.29 is 13.7 Å². The SMILES string of the molecule is Cc1cc(F)ccc1NC(=O)c1cc(C(C)C)nc2onc(C)c12. The van der Waals surface area contributed by atoms with E-state index in [4.69, 9.17) is 4.52 Å². The molecule has 0 saturated carbocycles. The number of rotatable bonds is 3. The number of nitrogens with zero attached hydrogens (tertiary/aromatic N) is 2. The quantitative estimate of drug-likeness (QED) is 0.776. The summed E-state index contributed by atoms with van der Waals surface area (Å²) in [5.41, 5.74) is 3.37. The second-order valence-electron chi connectivity index (χ2n) is 6.11. The minimum absolute atomic E-state index is 0.138. The summed E-state index contributed by atoms with van der Waals surface area (Å²) in [6.07, 6.45) is 0. The van der Waals surface area contributed by atoms with E-state index in [1.807, 2.05) is 13.8 Å². The van der Waals surface area contributed by atoms with Gasteiger partial charge in [-0.15, -0.1) is 0 Å². The average Bonchev–Trinajstić information content (AvgIpc) is 2.90. The number of carbonyl (C=O) groups excluding carboxylic acids is 1. The summed E-state index contributed by atoms with van der Waals surface area (Å²) in [5.74, 6) is -0.502. The van der Waals surface area contributed by atoms with Crippen LogP contribution >= 0.6 is 0 Å². The molecule has 6 heteroatoms. The molecule has 124 valence electrons. The van der Waals surface area contributed by atoms with Gasteiger partial charge in [-0.05, 0) is 49.6 Å². The summed E-state index contributed by atoms with van der Waals surface area (Å²) < 4.78 is 18.5. The Bertz CT molecular complexity index is 931. The number of anilines is 1. The highest BCUT2D eigenvalue weighted by Gasteiger charge is 2.20. The molecular formula is C18H18FN3O2. The van der Waals surface area contributed by atoms with Gasteiger partial charge in [0, 0.05) is 11.4 Å². The lowest BCUT2D eigenvalue weighted by Gasteiger charge is -2.11. The van der Waals surface area contributed by atoms with E-state index in [0.29, 0.717) is 33.6 Å². The third-order valence-electron chi connectivity index (χ3n) is 3.91. The monoisotopic (exact) mass is 327 g/mol. The summed E-state index contributed by atoms with van der Waals surface area (Å²) in [6.45, 7) is 7.49. The van der Waals surface area contributed by atoms with E-state index in [1.165, 1.54) is 12.1 Å². The van der Waals surface area contributed by atoms with E-state index in [1.54, 1.807) is 26.0 Å². The van der Waals surface area contributed by atoms with Crippen LogP contribution in [-0.4, -0.2) is 16.0 Å². The van der Waals surface area contributed by atoms with Gasteiger partial charge in [0.2, 0.25) is 0 Å². The Kier molecular flexibility index (Phi) is 4.05. The molecule has 0 unspecified atom stereocenters. The number of aryl methyl sites for hydroxylation is 2. The summed E-state index contributed by atoms with van der Waals surface area (Å²) in [7, 11) is 0. The van der Waals surface area contributed by atoms with Crippen molar-refractivity contribution in [1.82, 2.24) is 10.1 Å². The van der Waals surface area contributed by atoms with Gasteiger partial charge in [0.1, 0.15) is 5.82 Å². The van der Waals surface area contributed by atoms with Crippen LogP contribution in [0.2, 0.25) is 0 Å². The molecule has 1 N–H and O–H groups in total. The Labute approximate surface area is 138 Å². The molecule has 3 rings (SSSR count). The molecule has 0 aliphatic heterocycles. The molecule has 5 nitrogen and oxygen atoms in total. The second-order valence-corrected chi connectivity index (χ2v) is 6.11. The molecule has 0 bridgehead atoms. The first-order valence-electron chi connectivity index (χ1n) is 7.71. The van der Waals surface area contributed by atoms with Crippen LogP contribution < -0.4 is 5.32 Å². The van der Waals surface area contributed by atoms with Gasteiger partial charge in [-0.2, -0.15) is 0 Å². The van der Waals surface area contributed by atoms with E-state index in [9.17, 15) is 9.18 Å². The molecular weight excluding hydrogens is 309 g/mol. The number of amides is 1. The number of carbonyl (C=O) groups is 1. The molecule has 2 heterocycles. The van der Waals surface area contributed by atoms with E-state index < -0.39 is 0 Å². The van der Waals surface area contributed by atoms with Crippen LogP contribution in [0.25, 0.3) is 11.1 Å². The number of fused-ring (bicyclic) bond motifs is 1. The Hall–Kier alpha value is -2.76. The van der Waals surface area contributed by atoms with E-state index >= 15 is 0 Å². The highest BCUT2D eigenvalue weighted by molar-refractivity contribution is 6.12. The average molecular weight is 327 g/mol. The minimum Gasteiger partial charge on any atom is -0.336 e. The molecule has 0 fully saturated rings. The normalized spacial score (nSPS) is 11.2. The van der Waals surface area contributed by atoms with Crippen molar-refractivity contribution in [2.24, 2.45) is 0 Å². The fourth-order valence-corrected chi connectivity index (χ4v) is 2.55. The molecule has 0 radical (unpaired) electrons. The fourth-order valence-electron chi connectivity index (χ4n) is 2.55. The van der Waals surface area contributed by atoms with Crippen molar-refractivity contribution in [3.63, 3.8) is 0 Å². The van der Waals surface area contributed by atoms with Crippen LogP contribution in [0.15, 0.2) is 28.8 Å². The zero-order valence-electron chi connectivity index (χ0n) is 14.0. The number of benzene rings is 1. The molecule has 0 aliphatic rings. The van der Waals surface area contributed by atoms with Crippen LogP contribution in [0.3, 0.4) is 0 Å². The number of aromatic nitrogens is 2. The maximum absolute atomic E-state index is 13.2. The molecule has 0 saturated heterocycles. The molecule has 0 aliphatic carbocycles. The van der Waals surface area contributed by atoms with Gasteiger partial charge >= 0.3 is 0 Å².